The summed E-state index contributed by atoms with van der Waals surface area (Å²) in [7, 11) is 0. The molecule has 126 valence electrons. The summed E-state index contributed by atoms with van der Waals surface area (Å²) in [4.78, 5) is 26.9. The van der Waals surface area contributed by atoms with Crippen molar-refractivity contribution in [2.45, 2.75) is 26.4 Å². The number of nitrogens with one attached hydrogen (secondary N) is 1. The first-order valence-electron chi connectivity index (χ1n) is 8.51. The second kappa shape index (κ2) is 6.61. The fourth-order valence-electron chi connectivity index (χ4n) is 3.30. The molecule has 0 radical (unpaired) electrons. The van der Waals surface area contributed by atoms with Crippen molar-refractivity contribution in [3.63, 3.8) is 0 Å². The number of hydrogen-bond donors (Lipinski definition) is 1. The standard InChI is InChI=1S/C20H20N4O/c1-14-6-5-10-21-18(14)19-22-17-9-11-24(13-16(17)20(25)23-19)12-15-7-3-2-4-8-15/h2-8,10H,9,11-13H2,1H3,(H,22,23,25). The van der Waals surface area contributed by atoms with E-state index in [1.54, 1.807) is 6.20 Å². The van der Waals surface area contributed by atoms with Gasteiger partial charge in [0.25, 0.3) is 5.56 Å². The van der Waals surface area contributed by atoms with Gasteiger partial charge in [0.2, 0.25) is 0 Å². The number of pyridine rings is 1. The van der Waals surface area contributed by atoms with Crippen molar-refractivity contribution >= 4 is 0 Å². The van der Waals surface area contributed by atoms with Crippen LogP contribution in [0.1, 0.15) is 22.4 Å². The number of hydrogen-bond acceptors (Lipinski definition) is 4. The maximum absolute atomic E-state index is 12.6. The van der Waals surface area contributed by atoms with Gasteiger partial charge in [0.05, 0.1) is 11.3 Å². The van der Waals surface area contributed by atoms with Crippen molar-refractivity contribution in [3.05, 3.63) is 81.4 Å². The molecule has 1 aliphatic heterocycles. The molecule has 0 amide bonds. The summed E-state index contributed by atoms with van der Waals surface area (Å²) in [5.74, 6) is 0.568. The van der Waals surface area contributed by atoms with Crippen molar-refractivity contribution < 1.29 is 0 Å². The molecule has 0 saturated heterocycles. The van der Waals surface area contributed by atoms with E-state index in [1.165, 1.54) is 5.56 Å². The van der Waals surface area contributed by atoms with Crippen LogP contribution in [0, 0.1) is 6.92 Å². The van der Waals surface area contributed by atoms with Crippen LogP contribution in [0.25, 0.3) is 11.5 Å². The highest BCUT2D eigenvalue weighted by Crippen LogP contribution is 2.20. The molecule has 2 aromatic heterocycles. The largest absolute Gasteiger partial charge is 0.305 e. The molecule has 5 heteroatoms. The second-order valence-electron chi connectivity index (χ2n) is 6.45. The quantitative estimate of drug-likeness (QED) is 0.801. The number of aromatic nitrogens is 3. The van der Waals surface area contributed by atoms with Gasteiger partial charge in [-0.25, -0.2) is 4.98 Å². The highest BCUT2D eigenvalue weighted by Gasteiger charge is 2.22. The van der Waals surface area contributed by atoms with Crippen LogP contribution >= 0.6 is 0 Å². The average Bonchev–Trinajstić information content (AvgIpc) is 2.63. The molecule has 1 N–H and O–H groups in total. The third-order valence-corrected chi connectivity index (χ3v) is 4.63. The summed E-state index contributed by atoms with van der Waals surface area (Å²) in [6.45, 7) is 4.36. The minimum atomic E-state index is -0.0529. The molecule has 25 heavy (non-hydrogen) atoms. The fraction of sp³-hybridized carbons (Fsp3) is 0.250. The van der Waals surface area contributed by atoms with Gasteiger partial charge in [0.1, 0.15) is 5.69 Å². The second-order valence-corrected chi connectivity index (χ2v) is 6.45. The van der Waals surface area contributed by atoms with Crippen molar-refractivity contribution in [2.75, 3.05) is 6.54 Å². The van der Waals surface area contributed by atoms with Crippen LogP contribution in [0.2, 0.25) is 0 Å². The molecule has 1 aromatic carbocycles. The number of rotatable bonds is 3. The minimum Gasteiger partial charge on any atom is -0.305 e. The van der Waals surface area contributed by atoms with Gasteiger partial charge in [-0.2, -0.15) is 0 Å². The zero-order chi connectivity index (χ0) is 17.2. The number of nitrogens with zero attached hydrogens (tertiary/aromatic N) is 3. The predicted molar refractivity (Wildman–Crippen MR) is 97.1 cm³/mol. The molecule has 3 heterocycles. The number of H-pyrrole nitrogens is 1. The lowest BCUT2D eigenvalue weighted by Gasteiger charge is -2.27. The number of fused-ring (bicyclic) bond motifs is 1. The molecule has 0 saturated carbocycles. The Bertz CT molecular complexity index is 949. The van der Waals surface area contributed by atoms with Gasteiger partial charge in [-0.1, -0.05) is 36.4 Å². The Morgan fingerprint density at radius 2 is 2.00 bits per heavy atom. The molecule has 0 aliphatic carbocycles. The van der Waals surface area contributed by atoms with Gasteiger partial charge in [0.15, 0.2) is 5.82 Å². The van der Waals surface area contributed by atoms with Crippen molar-refractivity contribution in [1.82, 2.24) is 19.9 Å². The monoisotopic (exact) mass is 332 g/mol. The van der Waals surface area contributed by atoms with E-state index < -0.39 is 0 Å². The van der Waals surface area contributed by atoms with Crippen LogP contribution in [0.3, 0.4) is 0 Å². The Hall–Kier alpha value is -2.79. The maximum Gasteiger partial charge on any atom is 0.255 e. The van der Waals surface area contributed by atoms with Gasteiger partial charge >= 0.3 is 0 Å². The van der Waals surface area contributed by atoms with Crippen molar-refractivity contribution in [2.24, 2.45) is 0 Å². The summed E-state index contributed by atoms with van der Waals surface area (Å²) in [5, 5.41) is 0. The topological polar surface area (TPSA) is 61.9 Å². The Labute approximate surface area is 146 Å². The normalized spacial score (nSPS) is 14.3. The molecule has 0 atom stereocenters. The SMILES string of the molecule is Cc1cccnc1-c1nc2c(c(=O)[nH]1)CN(Cc1ccccc1)CC2. The number of aryl methyl sites for hydroxylation is 1. The van der Waals surface area contributed by atoms with Gasteiger partial charge in [0, 0.05) is 32.3 Å². The third-order valence-electron chi connectivity index (χ3n) is 4.63. The lowest BCUT2D eigenvalue weighted by Crippen LogP contribution is -2.35. The molecule has 0 bridgehead atoms. The van der Waals surface area contributed by atoms with Crippen LogP contribution in [0.4, 0.5) is 0 Å². The van der Waals surface area contributed by atoms with E-state index in [-0.39, 0.29) is 5.56 Å². The summed E-state index contributed by atoms with van der Waals surface area (Å²) < 4.78 is 0. The van der Waals surface area contributed by atoms with Crippen LogP contribution in [-0.4, -0.2) is 26.4 Å². The Balaban J connectivity index is 1.62. The van der Waals surface area contributed by atoms with E-state index in [0.29, 0.717) is 12.4 Å². The first kappa shape index (κ1) is 15.7. The van der Waals surface area contributed by atoms with Gasteiger partial charge in [-0.3, -0.25) is 14.7 Å². The Kier molecular flexibility index (Phi) is 4.15. The first-order valence-corrected chi connectivity index (χ1v) is 8.51. The number of aromatic amines is 1. The van der Waals surface area contributed by atoms with Crippen molar-refractivity contribution in [1.29, 1.82) is 0 Å². The van der Waals surface area contributed by atoms with Gasteiger partial charge < -0.3 is 4.98 Å². The fourth-order valence-corrected chi connectivity index (χ4v) is 3.30. The minimum absolute atomic E-state index is 0.0529. The van der Waals surface area contributed by atoms with Gasteiger partial charge in [-0.15, -0.1) is 0 Å². The van der Waals surface area contributed by atoms with E-state index in [0.717, 1.165) is 42.0 Å². The van der Waals surface area contributed by atoms with Crippen LogP contribution < -0.4 is 5.56 Å². The van der Waals surface area contributed by atoms with Crippen molar-refractivity contribution in [3.8, 4) is 11.5 Å². The molecule has 5 nitrogen and oxygen atoms in total. The lowest BCUT2D eigenvalue weighted by atomic mass is 10.1. The molecule has 0 fully saturated rings. The van der Waals surface area contributed by atoms with E-state index in [2.05, 4.69) is 27.0 Å². The predicted octanol–water partition coefficient (Wildman–Crippen LogP) is 2.70. The van der Waals surface area contributed by atoms with Gasteiger partial charge in [-0.05, 0) is 24.1 Å². The Morgan fingerprint density at radius 1 is 1.16 bits per heavy atom. The summed E-state index contributed by atoms with van der Waals surface area (Å²) >= 11 is 0. The number of benzene rings is 1. The summed E-state index contributed by atoms with van der Waals surface area (Å²) in [5.41, 5.74) is 4.63. The van der Waals surface area contributed by atoms with E-state index >= 15 is 0 Å². The molecule has 0 unspecified atom stereocenters. The molecule has 4 rings (SSSR count). The molecule has 3 aromatic rings. The van der Waals surface area contributed by atoms with Crippen LogP contribution in [-0.2, 0) is 19.5 Å². The summed E-state index contributed by atoms with van der Waals surface area (Å²) in [6, 6.07) is 14.2. The third kappa shape index (κ3) is 3.23. The molecular weight excluding hydrogens is 312 g/mol. The molecule has 0 spiro atoms. The zero-order valence-corrected chi connectivity index (χ0v) is 14.2. The average molecular weight is 332 g/mol. The lowest BCUT2D eigenvalue weighted by molar-refractivity contribution is 0.242. The Morgan fingerprint density at radius 3 is 2.80 bits per heavy atom. The first-order chi connectivity index (χ1) is 12.2. The smallest absolute Gasteiger partial charge is 0.255 e. The van der Waals surface area contributed by atoms with Crippen LogP contribution in [0.15, 0.2) is 53.5 Å². The maximum atomic E-state index is 12.6. The van der Waals surface area contributed by atoms with Crippen LogP contribution in [0.5, 0.6) is 0 Å². The molecule has 1 aliphatic rings. The van der Waals surface area contributed by atoms with E-state index in [4.69, 9.17) is 4.98 Å². The highest BCUT2D eigenvalue weighted by atomic mass is 16.1. The highest BCUT2D eigenvalue weighted by molar-refractivity contribution is 5.54. The van der Waals surface area contributed by atoms with E-state index in [9.17, 15) is 4.79 Å². The van der Waals surface area contributed by atoms with E-state index in [1.807, 2.05) is 37.3 Å². The molecular formula is C20H20N4O. The summed E-state index contributed by atoms with van der Waals surface area (Å²) in [6.07, 6.45) is 2.51. The zero-order valence-electron chi connectivity index (χ0n) is 14.2.